The summed E-state index contributed by atoms with van der Waals surface area (Å²) in [5.74, 6) is -0.0777. The first-order chi connectivity index (χ1) is 9.67. The molecule has 0 radical (unpaired) electrons. The number of esters is 1. The van der Waals surface area contributed by atoms with E-state index in [1.165, 1.54) is 12.0 Å². The Labute approximate surface area is 120 Å². The number of benzene rings is 1. The molecular weight excluding hydrogens is 278 g/mol. The summed E-state index contributed by atoms with van der Waals surface area (Å²) in [6.07, 6.45) is 0.690. The smallest absolute Gasteiger partial charge is 0.357 e. The van der Waals surface area contributed by atoms with Crippen LogP contribution in [0.4, 0.5) is 5.13 Å². The summed E-state index contributed by atoms with van der Waals surface area (Å²) in [6, 6.07) is 9.50. The second kappa shape index (κ2) is 6.16. The number of rotatable bonds is 4. The van der Waals surface area contributed by atoms with E-state index < -0.39 is 5.97 Å². The lowest BCUT2D eigenvalue weighted by Crippen LogP contribution is -2.24. The van der Waals surface area contributed by atoms with Crippen molar-refractivity contribution in [1.29, 1.82) is 0 Å². The van der Waals surface area contributed by atoms with Gasteiger partial charge in [-0.2, -0.15) is 9.36 Å². The molecule has 0 saturated carbocycles. The van der Waals surface area contributed by atoms with E-state index >= 15 is 0 Å². The van der Waals surface area contributed by atoms with Gasteiger partial charge in [-0.05, 0) is 0 Å². The molecule has 0 amide bonds. The van der Waals surface area contributed by atoms with Crippen molar-refractivity contribution in [3.63, 3.8) is 0 Å². The second-order valence-corrected chi connectivity index (χ2v) is 4.56. The van der Waals surface area contributed by atoms with Gasteiger partial charge in [0.1, 0.15) is 6.26 Å². The van der Waals surface area contributed by atoms with Crippen molar-refractivity contribution in [2.24, 2.45) is 0 Å². The van der Waals surface area contributed by atoms with E-state index in [0.717, 1.165) is 17.1 Å². The van der Waals surface area contributed by atoms with Crippen LogP contribution < -0.4 is 4.90 Å². The minimum Gasteiger partial charge on any atom is -0.513 e. The molecule has 0 aliphatic heterocycles. The van der Waals surface area contributed by atoms with Gasteiger partial charge in [-0.1, -0.05) is 30.3 Å². The van der Waals surface area contributed by atoms with E-state index in [1.807, 2.05) is 30.3 Å². The van der Waals surface area contributed by atoms with Crippen molar-refractivity contribution in [2.75, 3.05) is 19.1 Å². The van der Waals surface area contributed by atoms with Crippen LogP contribution in [0.15, 0.2) is 42.3 Å². The zero-order valence-electron chi connectivity index (χ0n) is 11.0. The van der Waals surface area contributed by atoms with Crippen LogP contribution in [0.25, 0.3) is 11.4 Å². The number of methoxy groups -OCH3 is 1. The van der Waals surface area contributed by atoms with Gasteiger partial charge in [0.2, 0.25) is 5.13 Å². The zero-order chi connectivity index (χ0) is 14.5. The summed E-state index contributed by atoms with van der Waals surface area (Å²) < 4.78 is 8.82. The highest BCUT2D eigenvalue weighted by molar-refractivity contribution is 7.10. The maximum atomic E-state index is 11.5. The van der Waals surface area contributed by atoms with E-state index in [4.69, 9.17) is 5.11 Å². The Hall–Kier alpha value is -2.41. The van der Waals surface area contributed by atoms with Crippen LogP contribution in [0.1, 0.15) is 0 Å². The first kappa shape index (κ1) is 14.0. The molecule has 0 aliphatic carbocycles. The monoisotopic (exact) mass is 291 g/mol. The van der Waals surface area contributed by atoms with Crippen molar-refractivity contribution in [3.8, 4) is 11.4 Å². The van der Waals surface area contributed by atoms with Gasteiger partial charge in [0.05, 0.1) is 7.11 Å². The highest BCUT2D eigenvalue weighted by Crippen LogP contribution is 2.25. The maximum Gasteiger partial charge on any atom is 0.357 e. The molecular formula is C13H13N3O3S. The molecule has 0 atom stereocenters. The molecule has 0 unspecified atom stereocenters. The lowest BCUT2D eigenvalue weighted by atomic mass is 10.2. The summed E-state index contributed by atoms with van der Waals surface area (Å²) in [4.78, 5) is 17.3. The summed E-state index contributed by atoms with van der Waals surface area (Å²) in [6.45, 7) is 0. The number of likely N-dealkylation sites (N-methyl/N-ethyl adjacent to an activating group) is 1. The third-order valence-corrected chi connectivity index (χ3v) is 3.41. The number of nitrogens with zero attached hydrogens (tertiary/aromatic N) is 3. The van der Waals surface area contributed by atoms with E-state index in [2.05, 4.69) is 14.1 Å². The molecule has 1 aromatic carbocycles. The fraction of sp³-hybridized carbons (Fsp3) is 0.154. The first-order valence-electron chi connectivity index (χ1n) is 5.73. The molecule has 20 heavy (non-hydrogen) atoms. The summed E-state index contributed by atoms with van der Waals surface area (Å²) >= 11 is 1.13. The molecule has 6 nitrogen and oxygen atoms in total. The number of aromatic nitrogens is 2. The van der Waals surface area contributed by atoms with Crippen LogP contribution in [-0.2, 0) is 9.53 Å². The molecule has 0 spiro atoms. The predicted octanol–water partition coefficient (Wildman–Crippen LogP) is 2.21. The maximum absolute atomic E-state index is 11.5. The van der Waals surface area contributed by atoms with E-state index in [9.17, 15) is 4.79 Å². The number of aliphatic hydroxyl groups is 1. The highest BCUT2D eigenvalue weighted by Gasteiger charge is 2.20. The second-order valence-electron chi connectivity index (χ2n) is 3.83. The Bertz CT molecular complexity index is 625. The normalized spacial score (nSPS) is 11.2. The molecule has 1 aromatic heterocycles. The Morgan fingerprint density at radius 2 is 2.10 bits per heavy atom. The molecule has 0 bridgehead atoms. The standard InChI is InChI=1S/C13H13N3O3S/c1-16(10(8-17)12(18)19-2)13-14-11(15-20-13)9-6-4-3-5-7-9/h3-8,17H,1-2H3. The van der Waals surface area contributed by atoms with Gasteiger partial charge in [-0.25, -0.2) is 4.79 Å². The molecule has 104 valence electrons. The minimum atomic E-state index is -0.647. The summed E-state index contributed by atoms with van der Waals surface area (Å²) in [5, 5.41) is 9.62. The Morgan fingerprint density at radius 3 is 2.70 bits per heavy atom. The molecule has 7 heteroatoms. The fourth-order valence-corrected chi connectivity index (χ4v) is 2.20. The van der Waals surface area contributed by atoms with Gasteiger partial charge in [-0.3, -0.25) is 0 Å². The van der Waals surface area contributed by atoms with Crippen molar-refractivity contribution < 1.29 is 14.6 Å². The quantitative estimate of drug-likeness (QED) is 0.529. The van der Waals surface area contributed by atoms with Crippen LogP contribution in [0, 0.1) is 0 Å². The molecule has 1 N–H and O–H groups in total. The third kappa shape index (κ3) is 2.77. The Kier molecular flexibility index (Phi) is 4.31. The van der Waals surface area contributed by atoms with Gasteiger partial charge in [0.15, 0.2) is 11.5 Å². The fourth-order valence-electron chi connectivity index (χ4n) is 1.54. The van der Waals surface area contributed by atoms with Crippen LogP contribution in [-0.4, -0.2) is 34.6 Å². The molecule has 2 rings (SSSR count). The van der Waals surface area contributed by atoms with E-state index in [0.29, 0.717) is 17.2 Å². The third-order valence-electron chi connectivity index (χ3n) is 2.61. The number of carbonyl (C=O) groups is 1. The van der Waals surface area contributed by atoms with Crippen LogP contribution in [0.2, 0.25) is 0 Å². The average molecular weight is 291 g/mol. The molecule has 0 saturated heterocycles. The predicted molar refractivity (Wildman–Crippen MR) is 76.5 cm³/mol. The van der Waals surface area contributed by atoms with Crippen molar-refractivity contribution >= 4 is 22.6 Å². The van der Waals surface area contributed by atoms with Crippen molar-refractivity contribution in [2.45, 2.75) is 0 Å². The molecule has 2 aromatic rings. The number of anilines is 1. The number of hydrogen-bond acceptors (Lipinski definition) is 7. The van der Waals surface area contributed by atoms with Crippen LogP contribution in [0.5, 0.6) is 0 Å². The van der Waals surface area contributed by atoms with Gasteiger partial charge < -0.3 is 14.7 Å². The number of ether oxygens (including phenoxy) is 1. The van der Waals surface area contributed by atoms with E-state index in [-0.39, 0.29) is 5.70 Å². The summed E-state index contributed by atoms with van der Waals surface area (Å²) in [5.41, 5.74) is 0.874. The van der Waals surface area contributed by atoms with Gasteiger partial charge in [0, 0.05) is 24.1 Å². The number of aliphatic hydroxyl groups excluding tert-OH is 1. The first-order valence-corrected chi connectivity index (χ1v) is 6.50. The van der Waals surface area contributed by atoms with Crippen molar-refractivity contribution in [3.05, 3.63) is 42.3 Å². The zero-order valence-corrected chi connectivity index (χ0v) is 11.8. The topological polar surface area (TPSA) is 75.6 Å². The van der Waals surface area contributed by atoms with E-state index in [1.54, 1.807) is 7.05 Å². The Morgan fingerprint density at radius 1 is 1.40 bits per heavy atom. The lowest BCUT2D eigenvalue weighted by molar-refractivity contribution is -0.136. The van der Waals surface area contributed by atoms with Crippen LogP contribution >= 0.6 is 11.5 Å². The van der Waals surface area contributed by atoms with Crippen molar-refractivity contribution in [1.82, 2.24) is 9.36 Å². The van der Waals surface area contributed by atoms with Gasteiger partial charge >= 0.3 is 5.97 Å². The highest BCUT2D eigenvalue weighted by atomic mass is 32.1. The minimum absolute atomic E-state index is 0.0109. The van der Waals surface area contributed by atoms with Crippen LogP contribution in [0.3, 0.4) is 0 Å². The SMILES string of the molecule is COC(=O)C(=CO)N(C)c1nc(-c2ccccc2)ns1. The Balaban J connectivity index is 2.27. The molecule has 0 aliphatic rings. The summed E-state index contributed by atoms with van der Waals surface area (Å²) in [7, 11) is 2.85. The van der Waals surface area contributed by atoms with Gasteiger partial charge in [0.25, 0.3) is 0 Å². The van der Waals surface area contributed by atoms with Gasteiger partial charge in [-0.15, -0.1) is 0 Å². The number of carbonyl (C=O) groups excluding carboxylic acids is 1. The molecule has 1 heterocycles. The molecule has 0 fully saturated rings. The average Bonchev–Trinajstić information content (AvgIpc) is 2.98. The lowest BCUT2D eigenvalue weighted by Gasteiger charge is -2.15. The number of hydrogen-bond donors (Lipinski definition) is 1. The largest absolute Gasteiger partial charge is 0.513 e.